The summed E-state index contributed by atoms with van der Waals surface area (Å²) in [5.74, 6) is -0.924. The lowest BCUT2D eigenvalue weighted by atomic mass is 9.96. The third kappa shape index (κ3) is 4.85. The van der Waals surface area contributed by atoms with Crippen LogP contribution in [0.4, 0.5) is 0 Å². The van der Waals surface area contributed by atoms with Gasteiger partial charge in [0.05, 0.1) is 12.5 Å². The number of aliphatic hydroxyl groups is 1. The normalized spacial score (nSPS) is 15.1. The summed E-state index contributed by atoms with van der Waals surface area (Å²) >= 11 is 0. The molecule has 3 N–H and O–H groups in total. The maximum atomic E-state index is 10.9. The molecule has 2 unspecified atom stereocenters. The summed E-state index contributed by atoms with van der Waals surface area (Å²) in [6.07, 6.45) is -0.950. The van der Waals surface area contributed by atoms with Gasteiger partial charge in [-0.15, -0.1) is 0 Å². The second-order valence-electron chi connectivity index (χ2n) is 5.45. The van der Waals surface area contributed by atoms with Crippen molar-refractivity contribution in [1.29, 1.82) is 0 Å². The van der Waals surface area contributed by atoms with Gasteiger partial charge < -0.3 is 15.5 Å². The standard InChI is InChI=1S/C14H21NO3/c1-14(2,3)15-11(9-12(16)17)13(18)10-7-5-4-6-8-10/h4-8,11,13,15,18H,9H2,1-3H3,(H,16,17). The second kappa shape index (κ2) is 5.98. The van der Waals surface area contributed by atoms with E-state index < -0.39 is 18.1 Å². The Morgan fingerprint density at radius 2 is 1.83 bits per heavy atom. The van der Waals surface area contributed by atoms with Gasteiger partial charge in [0.1, 0.15) is 0 Å². The predicted molar refractivity (Wildman–Crippen MR) is 70.3 cm³/mol. The fourth-order valence-corrected chi connectivity index (χ4v) is 1.87. The first-order valence-corrected chi connectivity index (χ1v) is 6.02. The minimum atomic E-state index is -0.924. The van der Waals surface area contributed by atoms with Crippen molar-refractivity contribution in [2.24, 2.45) is 0 Å². The minimum Gasteiger partial charge on any atom is -0.481 e. The van der Waals surface area contributed by atoms with Gasteiger partial charge in [0, 0.05) is 11.6 Å². The van der Waals surface area contributed by atoms with Gasteiger partial charge in [0.25, 0.3) is 0 Å². The van der Waals surface area contributed by atoms with Gasteiger partial charge in [-0.1, -0.05) is 30.3 Å². The van der Waals surface area contributed by atoms with Crippen molar-refractivity contribution in [2.75, 3.05) is 0 Å². The van der Waals surface area contributed by atoms with Crippen molar-refractivity contribution in [3.63, 3.8) is 0 Å². The summed E-state index contributed by atoms with van der Waals surface area (Å²) in [7, 11) is 0. The number of hydrogen-bond acceptors (Lipinski definition) is 3. The van der Waals surface area contributed by atoms with Crippen LogP contribution in [0.1, 0.15) is 38.9 Å². The number of hydrogen-bond donors (Lipinski definition) is 3. The molecule has 0 spiro atoms. The number of aliphatic hydroxyl groups excluding tert-OH is 1. The van der Waals surface area contributed by atoms with E-state index in [9.17, 15) is 9.90 Å². The first kappa shape index (κ1) is 14.7. The van der Waals surface area contributed by atoms with E-state index in [2.05, 4.69) is 5.32 Å². The monoisotopic (exact) mass is 251 g/mol. The summed E-state index contributed by atoms with van der Waals surface area (Å²) < 4.78 is 0. The molecule has 0 bridgehead atoms. The Kier molecular flexibility index (Phi) is 4.87. The lowest BCUT2D eigenvalue weighted by molar-refractivity contribution is -0.138. The molecule has 0 aliphatic rings. The molecule has 0 aliphatic carbocycles. The summed E-state index contributed by atoms with van der Waals surface area (Å²) in [6.45, 7) is 5.83. The van der Waals surface area contributed by atoms with E-state index in [0.29, 0.717) is 0 Å². The van der Waals surface area contributed by atoms with Gasteiger partial charge in [-0.3, -0.25) is 4.79 Å². The largest absolute Gasteiger partial charge is 0.481 e. The van der Waals surface area contributed by atoms with Gasteiger partial charge in [-0.25, -0.2) is 0 Å². The quantitative estimate of drug-likeness (QED) is 0.748. The van der Waals surface area contributed by atoms with Crippen LogP contribution in [-0.4, -0.2) is 27.8 Å². The first-order valence-electron chi connectivity index (χ1n) is 6.02. The van der Waals surface area contributed by atoms with Crippen LogP contribution < -0.4 is 5.32 Å². The highest BCUT2D eigenvalue weighted by molar-refractivity contribution is 5.67. The molecular weight excluding hydrogens is 230 g/mol. The Morgan fingerprint density at radius 1 is 1.28 bits per heavy atom. The third-order valence-corrected chi connectivity index (χ3v) is 2.54. The number of rotatable bonds is 5. The number of carboxylic acids is 1. The van der Waals surface area contributed by atoms with Crippen molar-refractivity contribution in [3.05, 3.63) is 35.9 Å². The summed E-state index contributed by atoms with van der Waals surface area (Å²) in [6, 6.07) is 8.60. The van der Waals surface area contributed by atoms with Crippen LogP contribution in [0.25, 0.3) is 0 Å². The van der Waals surface area contributed by atoms with Gasteiger partial charge in [-0.2, -0.15) is 0 Å². The van der Waals surface area contributed by atoms with Gasteiger partial charge in [0.15, 0.2) is 0 Å². The highest BCUT2D eigenvalue weighted by Crippen LogP contribution is 2.20. The SMILES string of the molecule is CC(C)(C)NC(CC(=O)O)C(O)c1ccccc1. The van der Waals surface area contributed by atoms with E-state index in [-0.39, 0.29) is 12.0 Å². The second-order valence-corrected chi connectivity index (χ2v) is 5.45. The van der Waals surface area contributed by atoms with E-state index in [1.165, 1.54) is 0 Å². The molecule has 4 nitrogen and oxygen atoms in total. The van der Waals surface area contributed by atoms with E-state index >= 15 is 0 Å². The van der Waals surface area contributed by atoms with E-state index in [0.717, 1.165) is 5.56 Å². The minimum absolute atomic E-state index is 0.118. The summed E-state index contributed by atoms with van der Waals surface area (Å²) in [4.78, 5) is 10.9. The fourth-order valence-electron chi connectivity index (χ4n) is 1.87. The Bertz CT molecular complexity index is 384. The van der Waals surface area contributed by atoms with Crippen molar-refractivity contribution in [2.45, 2.75) is 44.9 Å². The van der Waals surface area contributed by atoms with Gasteiger partial charge in [0.2, 0.25) is 0 Å². The predicted octanol–water partition coefficient (Wildman–Crippen LogP) is 1.95. The number of carboxylic acid groups (broad SMARTS) is 1. The van der Waals surface area contributed by atoms with Crippen molar-refractivity contribution in [3.8, 4) is 0 Å². The average molecular weight is 251 g/mol. The molecule has 0 saturated heterocycles. The number of aliphatic carboxylic acids is 1. The molecule has 0 radical (unpaired) electrons. The third-order valence-electron chi connectivity index (χ3n) is 2.54. The fraction of sp³-hybridized carbons (Fsp3) is 0.500. The van der Waals surface area contributed by atoms with Gasteiger partial charge in [-0.05, 0) is 26.3 Å². The zero-order valence-corrected chi connectivity index (χ0v) is 11.1. The Balaban J connectivity index is 2.85. The molecule has 1 aromatic rings. The van der Waals surface area contributed by atoms with Crippen LogP contribution in [0, 0.1) is 0 Å². The summed E-state index contributed by atoms with van der Waals surface area (Å²) in [5.41, 5.74) is 0.469. The zero-order chi connectivity index (χ0) is 13.8. The lowest BCUT2D eigenvalue weighted by Gasteiger charge is -2.31. The van der Waals surface area contributed by atoms with E-state index in [1.807, 2.05) is 39.0 Å². The molecule has 0 amide bonds. The maximum absolute atomic E-state index is 10.9. The highest BCUT2D eigenvalue weighted by Gasteiger charge is 2.27. The van der Waals surface area contributed by atoms with Crippen LogP contribution >= 0.6 is 0 Å². The molecule has 0 aromatic heterocycles. The van der Waals surface area contributed by atoms with Crippen LogP contribution in [0.2, 0.25) is 0 Å². The topological polar surface area (TPSA) is 69.6 Å². The van der Waals surface area contributed by atoms with Crippen LogP contribution in [0.3, 0.4) is 0 Å². The van der Waals surface area contributed by atoms with E-state index in [1.54, 1.807) is 12.1 Å². The molecule has 0 saturated carbocycles. The zero-order valence-electron chi connectivity index (χ0n) is 11.1. The molecule has 1 rings (SSSR count). The summed E-state index contributed by atoms with van der Waals surface area (Å²) in [5, 5.41) is 22.3. The van der Waals surface area contributed by atoms with E-state index in [4.69, 9.17) is 5.11 Å². The lowest BCUT2D eigenvalue weighted by Crippen LogP contribution is -2.47. The average Bonchev–Trinajstić information content (AvgIpc) is 2.26. The van der Waals surface area contributed by atoms with Crippen LogP contribution in [-0.2, 0) is 4.79 Å². The Hall–Kier alpha value is -1.39. The first-order chi connectivity index (χ1) is 8.29. The molecule has 0 fully saturated rings. The van der Waals surface area contributed by atoms with Gasteiger partial charge >= 0.3 is 5.97 Å². The molecule has 2 atom stereocenters. The molecule has 100 valence electrons. The molecule has 0 heterocycles. The van der Waals surface area contributed by atoms with Crippen LogP contribution in [0.5, 0.6) is 0 Å². The molecule has 18 heavy (non-hydrogen) atoms. The van der Waals surface area contributed by atoms with Crippen molar-refractivity contribution >= 4 is 5.97 Å². The molecule has 4 heteroatoms. The Labute approximate surface area is 108 Å². The molecule has 1 aromatic carbocycles. The number of carbonyl (C=O) groups is 1. The highest BCUT2D eigenvalue weighted by atomic mass is 16.4. The maximum Gasteiger partial charge on any atom is 0.305 e. The molecule has 0 aliphatic heterocycles. The van der Waals surface area contributed by atoms with Crippen molar-refractivity contribution < 1.29 is 15.0 Å². The number of benzene rings is 1. The number of nitrogens with one attached hydrogen (secondary N) is 1. The smallest absolute Gasteiger partial charge is 0.305 e. The molecular formula is C14H21NO3. The Morgan fingerprint density at radius 3 is 2.28 bits per heavy atom. The van der Waals surface area contributed by atoms with Crippen LogP contribution in [0.15, 0.2) is 30.3 Å². The van der Waals surface area contributed by atoms with Crippen molar-refractivity contribution in [1.82, 2.24) is 5.32 Å².